The van der Waals surface area contributed by atoms with Crippen molar-refractivity contribution >= 4 is 11.9 Å². The maximum absolute atomic E-state index is 12.5. The lowest BCUT2D eigenvalue weighted by Gasteiger charge is -2.20. The highest BCUT2D eigenvalue weighted by molar-refractivity contribution is 5.76. The minimum atomic E-state index is -0.843. The van der Waals surface area contributed by atoms with E-state index >= 15 is 0 Å². The Hall–Kier alpha value is -2.18. The number of carbonyl (C=O) groups excluding carboxylic acids is 2. The minimum Gasteiger partial charge on any atom is -0.466 e. The second kappa shape index (κ2) is 72.3. The lowest BCUT2D eigenvalue weighted by Crippen LogP contribution is -2.45. The molecular weight excluding hydrogens is 1020 g/mol. The summed E-state index contributed by atoms with van der Waals surface area (Å²) in [6.07, 6.45) is 95.0. The fraction of sp³-hybridized carbons (Fsp3) is 0.870. The zero-order chi connectivity index (χ0) is 59.9. The molecule has 6 heteroatoms. The molecule has 488 valence electrons. The summed E-state index contributed by atoms with van der Waals surface area (Å²) >= 11 is 0. The number of unbranched alkanes of at least 4 members (excludes halogenated alkanes) is 53. The molecule has 0 fully saturated rings. The molecule has 0 radical (unpaired) electrons. The first-order valence-corrected chi connectivity index (χ1v) is 37.4. The SMILES string of the molecule is CCCCC/C=C\C/C=C\CCCCCCCCCCCC(=O)OCCCCCCCCCCCCCC/C=C\CCCCCCCCCCCCCCCCCCC(=O)NC(CO)C(O)/C=C/CCCCCCCCCCCCCCC. The monoisotopic (exact) mass is 1160 g/mol. The molecule has 0 aromatic rings. The highest BCUT2D eigenvalue weighted by atomic mass is 16.5. The van der Waals surface area contributed by atoms with Crippen LogP contribution < -0.4 is 5.32 Å². The fourth-order valence-corrected chi connectivity index (χ4v) is 11.6. The van der Waals surface area contributed by atoms with E-state index in [0.29, 0.717) is 19.4 Å². The highest BCUT2D eigenvalue weighted by Crippen LogP contribution is 2.19. The molecule has 1 amide bonds. The first-order valence-electron chi connectivity index (χ1n) is 37.4. The number of aliphatic hydroxyl groups excluding tert-OH is 2. The summed E-state index contributed by atoms with van der Waals surface area (Å²) in [5.74, 6) is -0.0489. The van der Waals surface area contributed by atoms with Crippen molar-refractivity contribution in [2.75, 3.05) is 13.2 Å². The Kier molecular flexibility index (Phi) is 70.4. The lowest BCUT2D eigenvalue weighted by atomic mass is 10.0. The van der Waals surface area contributed by atoms with Gasteiger partial charge in [-0.3, -0.25) is 9.59 Å². The summed E-state index contributed by atoms with van der Waals surface area (Å²) in [5.41, 5.74) is 0. The average molecular weight is 1170 g/mol. The van der Waals surface area contributed by atoms with E-state index in [0.717, 1.165) is 51.4 Å². The molecule has 0 spiro atoms. The van der Waals surface area contributed by atoms with Gasteiger partial charge in [0.1, 0.15) is 0 Å². The molecule has 0 heterocycles. The number of hydrogen-bond donors (Lipinski definition) is 3. The zero-order valence-corrected chi connectivity index (χ0v) is 55.9. The molecular formula is C77H145NO5. The normalized spacial score (nSPS) is 12.8. The smallest absolute Gasteiger partial charge is 0.305 e. The molecule has 0 saturated carbocycles. The van der Waals surface area contributed by atoms with Gasteiger partial charge in [-0.05, 0) is 89.9 Å². The number of ether oxygens (including phenoxy) is 1. The van der Waals surface area contributed by atoms with Crippen LogP contribution in [0.4, 0.5) is 0 Å². The standard InChI is InChI=1S/C77H145NO5/c1-3-5-7-9-11-13-15-17-19-20-35-39-43-47-51-55-59-63-67-71-77(82)83-72-68-64-60-56-52-48-44-40-37-34-32-30-28-26-24-22-21-23-25-27-29-31-33-36-38-42-46-50-54-58-62-66-70-76(81)78-74(73-79)75(80)69-65-61-57-53-49-45-41-18-16-14-12-10-8-6-4-2/h11,13,17,19,24,26,65,69,74-75,79-80H,3-10,12,14-16,18,20-23,25,27-64,66-68,70-73H2,1-2H3,(H,78,81)/b13-11-,19-17-,26-24-,69-65+. The van der Waals surface area contributed by atoms with Crippen LogP contribution in [0.1, 0.15) is 406 Å². The van der Waals surface area contributed by atoms with Crippen LogP contribution in [0.15, 0.2) is 48.6 Å². The van der Waals surface area contributed by atoms with Crippen LogP contribution in [0.2, 0.25) is 0 Å². The summed E-state index contributed by atoms with van der Waals surface area (Å²) in [6.45, 7) is 4.91. The van der Waals surface area contributed by atoms with E-state index in [-0.39, 0.29) is 18.5 Å². The first-order chi connectivity index (χ1) is 41.0. The molecule has 0 aliphatic rings. The van der Waals surface area contributed by atoms with Gasteiger partial charge in [0, 0.05) is 12.8 Å². The van der Waals surface area contributed by atoms with Gasteiger partial charge in [0.15, 0.2) is 0 Å². The fourth-order valence-electron chi connectivity index (χ4n) is 11.6. The summed E-state index contributed by atoms with van der Waals surface area (Å²) < 4.78 is 5.51. The van der Waals surface area contributed by atoms with E-state index in [1.807, 2.05) is 6.08 Å². The van der Waals surface area contributed by atoms with Crippen LogP contribution in [0.5, 0.6) is 0 Å². The van der Waals surface area contributed by atoms with Crippen molar-refractivity contribution < 1.29 is 24.5 Å². The van der Waals surface area contributed by atoms with Crippen molar-refractivity contribution in [2.24, 2.45) is 0 Å². The third-order valence-electron chi connectivity index (χ3n) is 17.3. The van der Waals surface area contributed by atoms with Crippen LogP contribution >= 0.6 is 0 Å². The number of allylic oxidation sites excluding steroid dienone is 7. The first kappa shape index (κ1) is 80.8. The van der Waals surface area contributed by atoms with Crippen molar-refractivity contribution in [1.82, 2.24) is 5.32 Å². The summed E-state index contributed by atoms with van der Waals surface area (Å²) in [6, 6.07) is -0.626. The van der Waals surface area contributed by atoms with E-state index in [4.69, 9.17) is 4.74 Å². The van der Waals surface area contributed by atoms with Gasteiger partial charge in [0.05, 0.1) is 25.4 Å². The Balaban J connectivity index is 3.36. The van der Waals surface area contributed by atoms with Gasteiger partial charge in [-0.1, -0.05) is 351 Å². The summed E-state index contributed by atoms with van der Waals surface area (Å²) in [5, 5.41) is 23.2. The van der Waals surface area contributed by atoms with Crippen LogP contribution in [0.25, 0.3) is 0 Å². The zero-order valence-electron chi connectivity index (χ0n) is 55.9. The predicted octanol–water partition coefficient (Wildman–Crippen LogP) is 24.4. The maximum Gasteiger partial charge on any atom is 0.305 e. The van der Waals surface area contributed by atoms with E-state index in [1.165, 1.54) is 327 Å². The molecule has 0 aliphatic heterocycles. The molecule has 2 unspecified atom stereocenters. The van der Waals surface area contributed by atoms with Gasteiger partial charge in [0.2, 0.25) is 5.91 Å². The third kappa shape index (κ3) is 68.8. The van der Waals surface area contributed by atoms with Gasteiger partial charge in [0.25, 0.3) is 0 Å². The summed E-state index contributed by atoms with van der Waals surface area (Å²) in [7, 11) is 0. The summed E-state index contributed by atoms with van der Waals surface area (Å²) in [4.78, 5) is 24.6. The molecule has 83 heavy (non-hydrogen) atoms. The largest absolute Gasteiger partial charge is 0.466 e. The minimum absolute atomic E-state index is 0.0144. The van der Waals surface area contributed by atoms with E-state index < -0.39 is 12.1 Å². The van der Waals surface area contributed by atoms with Crippen LogP contribution in [0, 0.1) is 0 Å². The average Bonchev–Trinajstić information content (AvgIpc) is 3.48. The number of rotatable bonds is 70. The number of carbonyl (C=O) groups is 2. The molecule has 3 N–H and O–H groups in total. The van der Waals surface area contributed by atoms with Gasteiger partial charge < -0.3 is 20.3 Å². The molecule has 6 nitrogen and oxygen atoms in total. The number of esters is 1. The van der Waals surface area contributed by atoms with Crippen molar-refractivity contribution in [3.8, 4) is 0 Å². The number of hydrogen-bond acceptors (Lipinski definition) is 5. The van der Waals surface area contributed by atoms with E-state index in [1.54, 1.807) is 6.08 Å². The highest BCUT2D eigenvalue weighted by Gasteiger charge is 2.18. The molecule has 0 bridgehead atoms. The number of amides is 1. The molecule has 0 saturated heterocycles. The van der Waals surface area contributed by atoms with Crippen LogP contribution in [0.3, 0.4) is 0 Å². The van der Waals surface area contributed by atoms with Crippen LogP contribution in [-0.2, 0) is 14.3 Å². The van der Waals surface area contributed by atoms with Crippen molar-refractivity contribution in [1.29, 1.82) is 0 Å². The van der Waals surface area contributed by atoms with E-state index in [2.05, 4.69) is 55.6 Å². The Bertz CT molecular complexity index is 1390. The second-order valence-corrected chi connectivity index (χ2v) is 25.6. The molecule has 0 aliphatic carbocycles. The van der Waals surface area contributed by atoms with Crippen molar-refractivity contribution in [3.63, 3.8) is 0 Å². The predicted molar refractivity (Wildman–Crippen MR) is 366 cm³/mol. The second-order valence-electron chi connectivity index (χ2n) is 25.6. The maximum atomic E-state index is 12.5. The van der Waals surface area contributed by atoms with Gasteiger partial charge in [-0.15, -0.1) is 0 Å². The Morgan fingerprint density at radius 1 is 0.337 bits per heavy atom. The van der Waals surface area contributed by atoms with Crippen molar-refractivity contribution in [2.45, 2.75) is 418 Å². The van der Waals surface area contributed by atoms with Gasteiger partial charge in [-0.25, -0.2) is 0 Å². The molecule has 0 aromatic heterocycles. The number of nitrogens with one attached hydrogen (secondary N) is 1. The molecule has 2 atom stereocenters. The van der Waals surface area contributed by atoms with E-state index in [9.17, 15) is 19.8 Å². The van der Waals surface area contributed by atoms with Gasteiger partial charge in [-0.2, -0.15) is 0 Å². The third-order valence-corrected chi connectivity index (χ3v) is 17.3. The molecule has 0 aromatic carbocycles. The van der Waals surface area contributed by atoms with Gasteiger partial charge >= 0.3 is 5.97 Å². The van der Waals surface area contributed by atoms with Crippen molar-refractivity contribution in [3.05, 3.63) is 48.6 Å². The quantitative estimate of drug-likeness (QED) is 0.0320. The molecule has 0 rings (SSSR count). The number of aliphatic hydroxyl groups is 2. The Morgan fingerprint density at radius 3 is 0.952 bits per heavy atom. The Labute approximate surface area is 518 Å². The lowest BCUT2D eigenvalue weighted by molar-refractivity contribution is -0.143. The topological polar surface area (TPSA) is 95.9 Å². The Morgan fingerprint density at radius 2 is 0.602 bits per heavy atom. The van der Waals surface area contributed by atoms with Crippen LogP contribution in [-0.4, -0.2) is 47.4 Å².